The lowest BCUT2D eigenvalue weighted by Crippen LogP contribution is -2.47. The molecule has 0 spiro atoms. The molecule has 7 nitrogen and oxygen atoms in total. The third-order valence-corrected chi connectivity index (χ3v) is 6.50. The summed E-state index contributed by atoms with van der Waals surface area (Å²) in [6.45, 7) is 4.94. The van der Waals surface area contributed by atoms with E-state index in [1.54, 1.807) is 40.3 Å². The highest BCUT2D eigenvalue weighted by atomic mass is 35.5. The highest BCUT2D eigenvalue weighted by molar-refractivity contribution is 6.31. The Balaban J connectivity index is 1.48. The van der Waals surface area contributed by atoms with Crippen LogP contribution in [0.2, 0.25) is 5.02 Å². The number of halogens is 1. The van der Waals surface area contributed by atoms with Gasteiger partial charge in [-0.1, -0.05) is 48.0 Å². The summed E-state index contributed by atoms with van der Waals surface area (Å²) >= 11 is 6.15. The minimum Gasteiger partial charge on any atom is -0.467 e. The van der Waals surface area contributed by atoms with Crippen LogP contribution in [0.1, 0.15) is 21.7 Å². The first-order chi connectivity index (χ1) is 17.6. The highest BCUT2D eigenvalue weighted by Crippen LogP contribution is 2.15. The van der Waals surface area contributed by atoms with Crippen LogP contribution in [-0.4, -0.2) is 79.0 Å². The van der Waals surface area contributed by atoms with Crippen molar-refractivity contribution in [2.75, 3.05) is 52.5 Å². The summed E-state index contributed by atoms with van der Waals surface area (Å²) < 4.78 is 11.0. The predicted octanol–water partition coefficient (Wildman–Crippen LogP) is 3.98. The summed E-state index contributed by atoms with van der Waals surface area (Å²) in [5, 5.41) is 0.489. The first-order valence-corrected chi connectivity index (χ1v) is 12.7. The number of ether oxygens (including phenoxy) is 1. The summed E-state index contributed by atoms with van der Waals surface area (Å²) in [7, 11) is 0. The number of amides is 2. The molecule has 0 aliphatic carbocycles. The predicted molar refractivity (Wildman–Crippen MR) is 139 cm³/mol. The third kappa shape index (κ3) is 7.68. The first-order valence-electron chi connectivity index (χ1n) is 12.3. The van der Waals surface area contributed by atoms with Gasteiger partial charge >= 0.3 is 0 Å². The number of morpholine rings is 1. The van der Waals surface area contributed by atoms with Crippen LogP contribution in [0.3, 0.4) is 0 Å². The minimum absolute atomic E-state index is 0.0226. The minimum atomic E-state index is -0.208. The van der Waals surface area contributed by atoms with Gasteiger partial charge in [0.05, 0.1) is 26.0 Å². The Kier molecular flexibility index (Phi) is 9.55. The Hall–Kier alpha value is -3.13. The number of hydrogen-bond acceptors (Lipinski definition) is 5. The maximum atomic E-state index is 13.6. The summed E-state index contributed by atoms with van der Waals surface area (Å²) in [6.07, 6.45) is 2.32. The quantitative estimate of drug-likeness (QED) is 0.391. The average Bonchev–Trinajstić information content (AvgIpc) is 3.43. The molecular formula is C28H32ClN3O4. The molecule has 2 heterocycles. The second-order valence-electron chi connectivity index (χ2n) is 8.82. The Morgan fingerprint density at radius 2 is 1.72 bits per heavy atom. The lowest BCUT2D eigenvalue weighted by Gasteiger charge is -2.31. The lowest BCUT2D eigenvalue weighted by molar-refractivity contribution is -0.132. The van der Waals surface area contributed by atoms with Crippen molar-refractivity contribution >= 4 is 23.4 Å². The third-order valence-electron chi connectivity index (χ3n) is 6.27. The molecule has 4 rings (SSSR count). The number of hydrogen-bond donors (Lipinski definition) is 0. The van der Waals surface area contributed by atoms with Crippen LogP contribution in [0.4, 0.5) is 0 Å². The number of carbonyl (C=O) groups excluding carboxylic acids is 2. The van der Waals surface area contributed by atoms with E-state index in [2.05, 4.69) is 4.90 Å². The van der Waals surface area contributed by atoms with E-state index in [9.17, 15) is 9.59 Å². The average molecular weight is 510 g/mol. The van der Waals surface area contributed by atoms with Crippen molar-refractivity contribution in [2.24, 2.45) is 0 Å². The standard InChI is InChI=1S/C28H32ClN3O4/c29-25-9-4-8-24(20-25)28(34)32(14-13-30-15-18-35-19-16-30)22-27(33)31(21-26-10-5-17-36-26)12-11-23-6-2-1-3-7-23/h1-10,17,20H,11-16,18-19,21-22H2. The SMILES string of the molecule is O=C(CN(CCN1CCOCC1)C(=O)c1cccc(Cl)c1)N(CCc1ccccc1)Cc1ccco1. The number of benzene rings is 2. The maximum Gasteiger partial charge on any atom is 0.254 e. The van der Waals surface area contributed by atoms with Gasteiger partial charge in [-0.2, -0.15) is 0 Å². The number of furan rings is 1. The molecule has 1 fully saturated rings. The largest absolute Gasteiger partial charge is 0.467 e. The fourth-order valence-corrected chi connectivity index (χ4v) is 4.39. The Bertz CT molecular complexity index is 1100. The molecule has 0 bridgehead atoms. The van der Waals surface area contributed by atoms with Gasteiger partial charge in [-0.05, 0) is 42.3 Å². The molecular weight excluding hydrogens is 478 g/mol. The van der Waals surface area contributed by atoms with Gasteiger partial charge in [-0.25, -0.2) is 0 Å². The van der Waals surface area contributed by atoms with Crippen molar-refractivity contribution in [2.45, 2.75) is 13.0 Å². The van der Waals surface area contributed by atoms with E-state index in [-0.39, 0.29) is 18.4 Å². The Morgan fingerprint density at radius 1 is 0.917 bits per heavy atom. The monoisotopic (exact) mass is 509 g/mol. The van der Waals surface area contributed by atoms with Gasteiger partial charge in [0, 0.05) is 43.3 Å². The second-order valence-corrected chi connectivity index (χ2v) is 9.26. The highest BCUT2D eigenvalue weighted by Gasteiger charge is 2.24. The van der Waals surface area contributed by atoms with Crippen LogP contribution < -0.4 is 0 Å². The molecule has 190 valence electrons. The number of nitrogens with zero attached hydrogens (tertiary/aromatic N) is 3. The summed E-state index contributed by atoms with van der Waals surface area (Å²) in [6, 6.07) is 20.6. The van der Waals surface area contributed by atoms with Crippen molar-refractivity contribution in [1.29, 1.82) is 0 Å². The van der Waals surface area contributed by atoms with Crippen molar-refractivity contribution < 1.29 is 18.7 Å². The molecule has 0 saturated carbocycles. The zero-order valence-electron chi connectivity index (χ0n) is 20.4. The second kappa shape index (κ2) is 13.3. The van der Waals surface area contributed by atoms with Crippen LogP contribution >= 0.6 is 11.6 Å². The molecule has 8 heteroatoms. The molecule has 1 saturated heterocycles. The fourth-order valence-electron chi connectivity index (χ4n) is 4.20. The zero-order valence-corrected chi connectivity index (χ0v) is 21.1. The zero-order chi connectivity index (χ0) is 25.2. The van der Waals surface area contributed by atoms with Gasteiger partial charge < -0.3 is 19.0 Å². The van der Waals surface area contributed by atoms with Gasteiger partial charge in [0.1, 0.15) is 12.3 Å². The number of carbonyl (C=O) groups is 2. The smallest absolute Gasteiger partial charge is 0.254 e. The summed E-state index contributed by atoms with van der Waals surface area (Å²) in [4.78, 5) is 32.7. The van der Waals surface area contributed by atoms with Crippen molar-refractivity contribution in [3.05, 3.63) is 94.9 Å². The summed E-state index contributed by atoms with van der Waals surface area (Å²) in [5.41, 5.74) is 1.62. The van der Waals surface area contributed by atoms with Gasteiger partial charge in [0.25, 0.3) is 5.91 Å². The normalized spacial score (nSPS) is 13.9. The van der Waals surface area contributed by atoms with Crippen LogP contribution in [-0.2, 0) is 22.5 Å². The van der Waals surface area contributed by atoms with Gasteiger partial charge in [0.2, 0.25) is 5.91 Å². The summed E-state index contributed by atoms with van der Waals surface area (Å²) in [5.74, 6) is 0.372. The van der Waals surface area contributed by atoms with Crippen LogP contribution in [0.25, 0.3) is 0 Å². The maximum absolute atomic E-state index is 13.6. The molecule has 0 unspecified atom stereocenters. The topological polar surface area (TPSA) is 66.2 Å². The van der Waals surface area contributed by atoms with E-state index in [0.717, 1.165) is 18.7 Å². The van der Waals surface area contributed by atoms with Gasteiger partial charge in [-0.15, -0.1) is 0 Å². The van der Waals surface area contributed by atoms with Crippen molar-refractivity contribution in [1.82, 2.24) is 14.7 Å². The van der Waals surface area contributed by atoms with Crippen LogP contribution in [0, 0.1) is 0 Å². The van der Waals surface area contributed by atoms with Crippen molar-refractivity contribution in [3.63, 3.8) is 0 Å². The fraction of sp³-hybridized carbons (Fsp3) is 0.357. The Morgan fingerprint density at radius 3 is 2.44 bits per heavy atom. The number of rotatable bonds is 11. The molecule has 2 aromatic carbocycles. The molecule has 1 aromatic heterocycles. The van der Waals surface area contributed by atoms with E-state index in [1.807, 2.05) is 42.5 Å². The molecule has 0 N–H and O–H groups in total. The molecule has 2 amide bonds. The van der Waals surface area contributed by atoms with Gasteiger partial charge in [0.15, 0.2) is 0 Å². The van der Waals surface area contributed by atoms with E-state index < -0.39 is 0 Å². The first kappa shape index (κ1) is 25.9. The Labute approximate surface area is 217 Å². The molecule has 36 heavy (non-hydrogen) atoms. The lowest BCUT2D eigenvalue weighted by atomic mass is 10.1. The molecule has 3 aromatic rings. The van der Waals surface area contributed by atoms with Gasteiger partial charge in [-0.3, -0.25) is 14.5 Å². The van der Waals surface area contributed by atoms with E-state index in [4.69, 9.17) is 20.8 Å². The van der Waals surface area contributed by atoms with E-state index in [0.29, 0.717) is 62.2 Å². The molecule has 1 aliphatic rings. The molecule has 0 atom stereocenters. The van der Waals surface area contributed by atoms with E-state index in [1.165, 1.54) is 0 Å². The van der Waals surface area contributed by atoms with Crippen LogP contribution in [0.5, 0.6) is 0 Å². The van der Waals surface area contributed by atoms with Crippen molar-refractivity contribution in [3.8, 4) is 0 Å². The van der Waals surface area contributed by atoms with E-state index >= 15 is 0 Å². The van der Waals surface area contributed by atoms with Crippen LogP contribution in [0.15, 0.2) is 77.4 Å². The molecule has 1 aliphatic heterocycles. The molecule has 0 radical (unpaired) electrons.